The highest BCUT2D eigenvalue weighted by molar-refractivity contribution is 5.94. The summed E-state index contributed by atoms with van der Waals surface area (Å²) in [6.45, 7) is 7.76. The van der Waals surface area contributed by atoms with Gasteiger partial charge in [0.15, 0.2) is 5.65 Å². The minimum Gasteiger partial charge on any atom is -0.324 e. The van der Waals surface area contributed by atoms with Gasteiger partial charge in [-0.3, -0.25) is 15.0 Å². The molecule has 0 aliphatic rings. The molecule has 0 bridgehead atoms. The first-order valence-electron chi connectivity index (χ1n) is 7.57. The van der Waals surface area contributed by atoms with Gasteiger partial charge in [-0.2, -0.15) is 10.2 Å². The summed E-state index contributed by atoms with van der Waals surface area (Å²) in [5.41, 5.74) is 5.32. The van der Waals surface area contributed by atoms with Crippen LogP contribution in [0.5, 0.6) is 0 Å². The Morgan fingerprint density at radius 2 is 1.96 bits per heavy atom. The summed E-state index contributed by atoms with van der Waals surface area (Å²) in [5.74, 6) is -0.196. The van der Waals surface area contributed by atoms with E-state index in [2.05, 4.69) is 30.7 Å². The van der Waals surface area contributed by atoms with E-state index in [-0.39, 0.29) is 11.8 Å². The van der Waals surface area contributed by atoms with Crippen molar-refractivity contribution in [1.29, 1.82) is 0 Å². The monoisotopic (exact) mass is 312 g/mol. The van der Waals surface area contributed by atoms with Crippen molar-refractivity contribution in [3.8, 4) is 0 Å². The number of anilines is 1. The molecule has 3 heterocycles. The maximum absolute atomic E-state index is 12.4. The van der Waals surface area contributed by atoms with Gasteiger partial charge in [-0.15, -0.1) is 0 Å². The molecule has 3 aromatic rings. The van der Waals surface area contributed by atoms with E-state index in [0.29, 0.717) is 17.8 Å². The number of pyridine rings is 1. The summed E-state index contributed by atoms with van der Waals surface area (Å²) in [4.78, 5) is 16.7. The summed E-state index contributed by atoms with van der Waals surface area (Å²) in [7, 11) is 0. The number of amides is 1. The Morgan fingerprint density at radius 3 is 2.65 bits per heavy atom. The zero-order valence-electron chi connectivity index (χ0n) is 13.7. The lowest BCUT2D eigenvalue weighted by Crippen LogP contribution is -2.22. The van der Waals surface area contributed by atoms with Gasteiger partial charge in [-0.05, 0) is 38.8 Å². The Balaban J connectivity index is 1.73. The molecule has 0 saturated heterocycles. The van der Waals surface area contributed by atoms with Crippen LogP contribution in [0.3, 0.4) is 0 Å². The highest BCUT2D eigenvalue weighted by atomic mass is 16.1. The van der Waals surface area contributed by atoms with Gasteiger partial charge in [-0.25, -0.2) is 4.98 Å². The van der Waals surface area contributed by atoms with Gasteiger partial charge in [0.1, 0.15) is 0 Å². The number of carbonyl (C=O) groups is 1. The van der Waals surface area contributed by atoms with Crippen LogP contribution >= 0.6 is 0 Å². The Bertz CT molecular complexity index is 843. The quantitative estimate of drug-likeness (QED) is 0.689. The fourth-order valence-electron chi connectivity index (χ4n) is 2.63. The number of rotatable bonds is 4. The molecule has 0 spiro atoms. The first-order chi connectivity index (χ1) is 11.0. The molecule has 0 aliphatic carbocycles. The Kier molecular flexibility index (Phi) is 3.85. The van der Waals surface area contributed by atoms with Crippen molar-refractivity contribution < 1.29 is 4.79 Å². The van der Waals surface area contributed by atoms with Crippen LogP contribution in [0, 0.1) is 26.7 Å². The van der Waals surface area contributed by atoms with E-state index in [1.54, 1.807) is 6.20 Å². The summed E-state index contributed by atoms with van der Waals surface area (Å²) >= 11 is 0. The SMILES string of the molecule is Cc1n[nH]c(C)c1C[C@H](C)C(=O)Nc1cnc2n[nH]c(C)c2c1. The average molecular weight is 312 g/mol. The van der Waals surface area contributed by atoms with Gasteiger partial charge < -0.3 is 5.32 Å². The maximum atomic E-state index is 12.4. The van der Waals surface area contributed by atoms with Crippen molar-refractivity contribution in [2.45, 2.75) is 34.1 Å². The van der Waals surface area contributed by atoms with Crippen molar-refractivity contribution in [3.05, 3.63) is 34.9 Å². The van der Waals surface area contributed by atoms with Crippen molar-refractivity contribution >= 4 is 22.6 Å². The van der Waals surface area contributed by atoms with Crippen molar-refractivity contribution in [3.63, 3.8) is 0 Å². The molecule has 3 rings (SSSR count). The van der Waals surface area contributed by atoms with Gasteiger partial charge >= 0.3 is 0 Å². The highest BCUT2D eigenvalue weighted by Gasteiger charge is 2.18. The lowest BCUT2D eigenvalue weighted by molar-refractivity contribution is -0.119. The molecule has 23 heavy (non-hydrogen) atoms. The molecule has 7 heteroatoms. The molecular formula is C16H20N6O. The molecular weight excluding hydrogens is 292 g/mol. The molecule has 0 fully saturated rings. The van der Waals surface area contributed by atoms with E-state index in [4.69, 9.17) is 0 Å². The third kappa shape index (κ3) is 2.94. The average Bonchev–Trinajstić information content (AvgIpc) is 3.04. The van der Waals surface area contributed by atoms with Crippen LogP contribution in [-0.2, 0) is 11.2 Å². The minimum atomic E-state index is -0.161. The maximum Gasteiger partial charge on any atom is 0.227 e. The smallest absolute Gasteiger partial charge is 0.227 e. The van der Waals surface area contributed by atoms with Crippen molar-refractivity contribution in [1.82, 2.24) is 25.4 Å². The molecule has 3 aromatic heterocycles. The number of aryl methyl sites for hydroxylation is 3. The topological polar surface area (TPSA) is 99.3 Å². The summed E-state index contributed by atoms with van der Waals surface area (Å²) in [6, 6.07) is 1.89. The fraction of sp³-hybridized carbons (Fsp3) is 0.375. The number of H-pyrrole nitrogens is 2. The second kappa shape index (κ2) is 5.83. The third-order valence-electron chi connectivity index (χ3n) is 4.11. The summed E-state index contributed by atoms with van der Waals surface area (Å²) in [6.07, 6.45) is 2.28. The molecule has 0 aromatic carbocycles. The van der Waals surface area contributed by atoms with Gasteiger partial charge in [0.05, 0.1) is 17.6 Å². The first-order valence-corrected chi connectivity index (χ1v) is 7.57. The van der Waals surface area contributed by atoms with Crippen LogP contribution in [0.25, 0.3) is 11.0 Å². The number of hydrogen-bond acceptors (Lipinski definition) is 4. The van der Waals surface area contributed by atoms with Crippen molar-refractivity contribution in [2.24, 2.45) is 5.92 Å². The predicted octanol–water partition coefficient (Wildman–Crippen LogP) is 2.42. The summed E-state index contributed by atoms with van der Waals surface area (Å²) < 4.78 is 0. The molecule has 0 aliphatic heterocycles. The molecule has 120 valence electrons. The lowest BCUT2D eigenvalue weighted by atomic mass is 9.99. The van der Waals surface area contributed by atoms with Crippen LogP contribution in [0.15, 0.2) is 12.3 Å². The number of aromatic nitrogens is 5. The van der Waals surface area contributed by atoms with Gasteiger partial charge in [0.2, 0.25) is 5.91 Å². The molecule has 7 nitrogen and oxygen atoms in total. The van der Waals surface area contributed by atoms with Crippen LogP contribution < -0.4 is 5.32 Å². The largest absolute Gasteiger partial charge is 0.324 e. The molecule has 3 N–H and O–H groups in total. The van der Waals surface area contributed by atoms with Gasteiger partial charge in [0, 0.05) is 22.7 Å². The van der Waals surface area contributed by atoms with E-state index in [1.165, 1.54) is 0 Å². The first kappa shape index (κ1) is 15.2. The van der Waals surface area contributed by atoms with E-state index >= 15 is 0 Å². The second-order valence-corrected chi connectivity index (χ2v) is 5.95. The Labute approximate surface area is 133 Å². The molecule has 0 unspecified atom stereocenters. The van der Waals surface area contributed by atoms with Crippen LogP contribution in [0.4, 0.5) is 5.69 Å². The number of carbonyl (C=O) groups excluding carboxylic acids is 1. The van der Waals surface area contributed by atoms with Crippen molar-refractivity contribution in [2.75, 3.05) is 5.32 Å². The standard InChI is InChI=1S/C16H20N6O/c1-8(5-13-9(2)19-20-10(13)3)16(23)18-12-6-14-11(4)21-22-15(14)17-7-12/h6-8H,5H2,1-4H3,(H,18,23)(H,19,20)(H,17,21,22)/t8-/m0/s1. The summed E-state index contributed by atoms with van der Waals surface area (Å²) in [5, 5.41) is 17.9. The molecule has 0 radical (unpaired) electrons. The highest BCUT2D eigenvalue weighted by Crippen LogP contribution is 2.20. The zero-order valence-corrected chi connectivity index (χ0v) is 13.7. The molecule has 1 atom stereocenters. The van der Waals surface area contributed by atoms with E-state index in [1.807, 2.05) is 33.8 Å². The number of nitrogens with zero attached hydrogens (tertiary/aromatic N) is 3. The van der Waals surface area contributed by atoms with E-state index in [0.717, 1.165) is 28.0 Å². The molecule has 1 amide bonds. The predicted molar refractivity (Wildman–Crippen MR) is 88.2 cm³/mol. The minimum absolute atomic E-state index is 0.0349. The number of fused-ring (bicyclic) bond motifs is 1. The van der Waals surface area contributed by atoms with Crippen LogP contribution in [0.2, 0.25) is 0 Å². The second-order valence-electron chi connectivity index (χ2n) is 5.95. The van der Waals surface area contributed by atoms with Crippen LogP contribution in [-0.4, -0.2) is 31.3 Å². The van der Waals surface area contributed by atoms with Crippen LogP contribution in [0.1, 0.15) is 29.6 Å². The number of aromatic amines is 2. The Hall–Kier alpha value is -2.70. The number of hydrogen-bond donors (Lipinski definition) is 3. The van der Waals surface area contributed by atoms with E-state index < -0.39 is 0 Å². The zero-order chi connectivity index (χ0) is 16.6. The van der Waals surface area contributed by atoms with Gasteiger partial charge in [-0.1, -0.05) is 6.92 Å². The lowest BCUT2D eigenvalue weighted by Gasteiger charge is -2.12. The third-order valence-corrected chi connectivity index (χ3v) is 4.11. The van der Waals surface area contributed by atoms with E-state index in [9.17, 15) is 4.79 Å². The van der Waals surface area contributed by atoms with Gasteiger partial charge in [0.25, 0.3) is 0 Å². The Morgan fingerprint density at radius 1 is 1.22 bits per heavy atom. The number of nitrogens with one attached hydrogen (secondary N) is 3. The fourth-order valence-corrected chi connectivity index (χ4v) is 2.63. The molecule has 0 saturated carbocycles. The normalized spacial score (nSPS) is 12.5.